The molecule has 0 fully saturated rings. The van der Waals surface area contributed by atoms with Crippen LogP contribution in [0.2, 0.25) is 0 Å². The summed E-state index contributed by atoms with van der Waals surface area (Å²) in [5.74, 6) is 2.89. The molecule has 0 unspecified atom stereocenters. The molecule has 0 atom stereocenters. The number of aryl methyl sites for hydroxylation is 2. The van der Waals surface area contributed by atoms with Crippen molar-refractivity contribution in [3.63, 3.8) is 0 Å². The molecule has 2 aromatic heterocycles. The first-order chi connectivity index (χ1) is 24.6. The Kier molecular flexibility index (Phi) is 9.66. The van der Waals surface area contributed by atoms with Gasteiger partial charge in [0.2, 0.25) is 0 Å². The Hall–Kier alpha value is -6.59. The Labute approximate surface area is 293 Å². The van der Waals surface area contributed by atoms with Crippen molar-refractivity contribution in [2.24, 2.45) is 0 Å². The largest absolute Gasteiger partial charge is 0.233 e. The van der Waals surface area contributed by atoms with Crippen molar-refractivity contribution in [1.82, 2.24) is 24.9 Å². The van der Waals surface area contributed by atoms with E-state index in [-0.39, 0.29) is 0 Å². The van der Waals surface area contributed by atoms with Crippen LogP contribution in [-0.4, -0.2) is 24.9 Å². The van der Waals surface area contributed by atoms with Gasteiger partial charge in [0.05, 0.1) is 5.69 Å². The van der Waals surface area contributed by atoms with Gasteiger partial charge in [-0.1, -0.05) is 164 Å². The van der Waals surface area contributed by atoms with Gasteiger partial charge in [-0.3, -0.25) is 0 Å². The topological polar surface area (TPSA) is 64.5 Å². The number of hydrogen-bond donors (Lipinski definition) is 0. The molecule has 0 aliphatic rings. The first-order valence-corrected chi connectivity index (χ1v) is 16.6. The van der Waals surface area contributed by atoms with Gasteiger partial charge in [0.1, 0.15) is 5.82 Å². The number of aromatic nitrogens is 5. The fourth-order valence-electron chi connectivity index (χ4n) is 5.69. The second-order valence-electron chi connectivity index (χ2n) is 11.9. The molecule has 8 rings (SSSR count). The molecule has 5 heteroatoms. The highest BCUT2D eigenvalue weighted by Crippen LogP contribution is 2.28. The van der Waals surface area contributed by atoms with Gasteiger partial charge in [-0.25, -0.2) is 24.9 Å². The molecule has 0 radical (unpaired) electrons. The predicted molar refractivity (Wildman–Crippen MR) is 204 cm³/mol. The van der Waals surface area contributed by atoms with E-state index in [2.05, 4.69) is 105 Å². The van der Waals surface area contributed by atoms with Crippen LogP contribution >= 0.6 is 0 Å². The first-order valence-electron chi connectivity index (χ1n) is 16.6. The second-order valence-corrected chi connectivity index (χ2v) is 11.9. The van der Waals surface area contributed by atoms with Crippen LogP contribution in [0.3, 0.4) is 0 Å². The number of rotatable bonds is 6. The van der Waals surface area contributed by atoms with Gasteiger partial charge in [-0.05, 0) is 48.2 Å². The molecular weight excluding hydrogens is 611 g/mol. The molecule has 50 heavy (non-hydrogen) atoms. The Bertz CT molecular complexity index is 2310. The van der Waals surface area contributed by atoms with E-state index in [0.717, 1.165) is 45.3 Å². The zero-order valence-corrected chi connectivity index (χ0v) is 28.0. The highest BCUT2D eigenvalue weighted by Gasteiger charge is 2.10. The van der Waals surface area contributed by atoms with Crippen LogP contribution in [0.1, 0.15) is 11.5 Å². The summed E-state index contributed by atoms with van der Waals surface area (Å²) in [6.45, 7) is 3.91. The molecule has 0 saturated heterocycles. The van der Waals surface area contributed by atoms with Gasteiger partial charge in [-0.15, -0.1) is 0 Å². The molecule has 0 N–H and O–H groups in total. The molecule has 8 aromatic rings. The third kappa shape index (κ3) is 7.75. The van der Waals surface area contributed by atoms with E-state index in [0.29, 0.717) is 11.6 Å². The lowest BCUT2D eigenvalue weighted by molar-refractivity contribution is 0.992. The van der Waals surface area contributed by atoms with Gasteiger partial charge in [0, 0.05) is 27.9 Å². The van der Waals surface area contributed by atoms with Gasteiger partial charge in [0.25, 0.3) is 0 Å². The van der Waals surface area contributed by atoms with Crippen LogP contribution < -0.4 is 0 Å². The smallest absolute Gasteiger partial charge is 0.163 e. The number of nitrogens with zero attached hydrogens (tertiary/aromatic N) is 5. The highest BCUT2D eigenvalue weighted by molar-refractivity contribution is 5.73. The molecule has 0 saturated carbocycles. The van der Waals surface area contributed by atoms with Gasteiger partial charge >= 0.3 is 0 Å². The van der Waals surface area contributed by atoms with Crippen molar-refractivity contribution in [3.8, 4) is 67.7 Å². The Morgan fingerprint density at radius 1 is 0.280 bits per heavy atom. The van der Waals surface area contributed by atoms with Crippen molar-refractivity contribution in [1.29, 1.82) is 0 Å². The van der Waals surface area contributed by atoms with Gasteiger partial charge < -0.3 is 0 Å². The molecule has 0 aliphatic heterocycles. The zero-order chi connectivity index (χ0) is 34.1. The van der Waals surface area contributed by atoms with E-state index < -0.39 is 0 Å². The molecule has 2 heterocycles. The van der Waals surface area contributed by atoms with Crippen LogP contribution in [0.4, 0.5) is 0 Å². The molecule has 5 nitrogen and oxygen atoms in total. The average molecular weight is 646 g/mol. The summed E-state index contributed by atoms with van der Waals surface area (Å²) in [6.07, 6.45) is 0. The molecule has 240 valence electrons. The van der Waals surface area contributed by atoms with Crippen molar-refractivity contribution in [2.75, 3.05) is 0 Å². The highest BCUT2D eigenvalue weighted by atomic mass is 15.0. The lowest BCUT2D eigenvalue weighted by Gasteiger charge is -2.08. The molecule has 0 amide bonds. The minimum atomic E-state index is 0.700. The third-order valence-electron chi connectivity index (χ3n) is 8.18. The Morgan fingerprint density at radius 3 is 1.20 bits per heavy atom. The summed E-state index contributed by atoms with van der Waals surface area (Å²) in [4.78, 5) is 23.0. The summed E-state index contributed by atoms with van der Waals surface area (Å²) < 4.78 is 0. The fraction of sp³-hybridized carbons (Fsp3) is 0.0444. The zero-order valence-electron chi connectivity index (χ0n) is 28.0. The van der Waals surface area contributed by atoms with E-state index in [1.807, 2.05) is 105 Å². The van der Waals surface area contributed by atoms with Gasteiger partial charge in [0.15, 0.2) is 17.5 Å². The third-order valence-corrected chi connectivity index (χ3v) is 8.18. The molecule has 0 spiro atoms. The van der Waals surface area contributed by atoms with Crippen LogP contribution in [0, 0.1) is 13.8 Å². The quantitative estimate of drug-likeness (QED) is 0.180. The molecule has 0 bridgehead atoms. The Balaban J connectivity index is 0.000000157. The van der Waals surface area contributed by atoms with Crippen molar-refractivity contribution in [3.05, 3.63) is 187 Å². The summed E-state index contributed by atoms with van der Waals surface area (Å²) in [7, 11) is 0. The molecule has 0 aliphatic carbocycles. The van der Waals surface area contributed by atoms with E-state index in [9.17, 15) is 0 Å². The maximum Gasteiger partial charge on any atom is 0.163 e. The van der Waals surface area contributed by atoms with E-state index >= 15 is 0 Å². The second kappa shape index (κ2) is 15.1. The Morgan fingerprint density at radius 2 is 0.660 bits per heavy atom. The van der Waals surface area contributed by atoms with Crippen molar-refractivity contribution >= 4 is 0 Å². The fourth-order valence-corrected chi connectivity index (χ4v) is 5.69. The summed E-state index contributed by atoms with van der Waals surface area (Å²) in [6, 6.07) is 59.7. The average Bonchev–Trinajstić information content (AvgIpc) is 3.19. The van der Waals surface area contributed by atoms with Gasteiger partial charge in [-0.2, -0.15) is 0 Å². The summed E-state index contributed by atoms with van der Waals surface area (Å²) >= 11 is 0. The molecular formula is C45H35N5. The number of benzene rings is 6. The SMILES string of the molecule is Cc1cc(-c2cccc(-c3ccccc3)c2)nc(-c2ccccc2)n1.Cc1nc(-c2ccccc2)nc(-c2ccc(-c3ccccc3)cc2)n1. The number of hydrogen-bond acceptors (Lipinski definition) is 5. The van der Waals surface area contributed by atoms with Crippen molar-refractivity contribution < 1.29 is 0 Å². The minimum Gasteiger partial charge on any atom is -0.233 e. The van der Waals surface area contributed by atoms with Crippen molar-refractivity contribution in [2.45, 2.75) is 13.8 Å². The lowest BCUT2D eigenvalue weighted by atomic mass is 10.0. The summed E-state index contributed by atoms with van der Waals surface area (Å²) in [5.41, 5.74) is 10.8. The molecule has 6 aromatic carbocycles. The normalized spacial score (nSPS) is 10.6. The van der Waals surface area contributed by atoms with Crippen LogP contribution in [0.15, 0.2) is 176 Å². The minimum absolute atomic E-state index is 0.700. The predicted octanol–water partition coefficient (Wildman–Crippen LogP) is 11.0. The maximum atomic E-state index is 4.80. The van der Waals surface area contributed by atoms with E-state index in [1.165, 1.54) is 22.3 Å². The lowest BCUT2D eigenvalue weighted by Crippen LogP contribution is -1.99. The van der Waals surface area contributed by atoms with E-state index in [1.54, 1.807) is 0 Å². The first kappa shape index (κ1) is 32.0. The van der Waals surface area contributed by atoms with Crippen LogP contribution in [-0.2, 0) is 0 Å². The van der Waals surface area contributed by atoms with Crippen LogP contribution in [0.5, 0.6) is 0 Å². The van der Waals surface area contributed by atoms with E-state index in [4.69, 9.17) is 4.98 Å². The monoisotopic (exact) mass is 645 g/mol. The summed E-state index contributed by atoms with van der Waals surface area (Å²) in [5, 5.41) is 0. The maximum absolute atomic E-state index is 4.80. The van der Waals surface area contributed by atoms with Crippen LogP contribution in [0.25, 0.3) is 67.7 Å². The standard InChI is InChI=1S/C23H18N2.C22H17N3/c1-17-15-22(25-23(24-17)19-11-6-3-7-12-19)21-14-8-13-20(16-21)18-9-4-2-5-10-18;1-16-23-21(19-10-6-3-7-11-19)25-22(24-16)20-14-12-18(13-15-20)17-8-4-2-5-9-17/h2-16H,1H3;2-15H,1H3.